The molecule has 36 heavy (non-hydrogen) atoms. The Kier molecular flexibility index (Phi) is 6.53. The van der Waals surface area contributed by atoms with Gasteiger partial charge in [-0.25, -0.2) is 4.68 Å². The number of H-pyrrole nitrogens is 1. The van der Waals surface area contributed by atoms with Crippen LogP contribution in [0.25, 0.3) is 10.9 Å². The first-order valence-corrected chi connectivity index (χ1v) is 12.5. The molecule has 0 radical (unpaired) electrons. The maximum Gasteiger partial charge on any atom is 0.253 e. The molecule has 0 aliphatic carbocycles. The summed E-state index contributed by atoms with van der Waals surface area (Å²) >= 11 is 0. The zero-order chi connectivity index (χ0) is 25.4. The molecule has 1 aliphatic rings. The Morgan fingerprint density at radius 3 is 2.72 bits per heavy atom. The number of tetrazole rings is 1. The number of furan rings is 1. The Labute approximate surface area is 210 Å². The molecule has 0 amide bonds. The molecule has 1 saturated heterocycles. The second kappa shape index (κ2) is 9.63. The van der Waals surface area contributed by atoms with Crippen LogP contribution in [-0.2, 0) is 16.8 Å². The van der Waals surface area contributed by atoms with Gasteiger partial charge in [0.1, 0.15) is 11.8 Å². The molecule has 3 aromatic heterocycles. The molecule has 9 nitrogen and oxygen atoms in total. The fourth-order valence-electron chi connectivity index (χ4n) is 4.95. The lowest BCUT2D eigenvalue weighted by molar-refractivity contribution is 0.0536. The van der Waals surface area contributed by atoms with E-state index in [0.29, 0.717) is 24.5 Å². The second-order valence-electron chi connectivity index (χ2n) is 10.7. The van der Waals surface area contributed by atoms with Crippen LogP contribution in [-0.4, -0.2) is 49.3 Å². The van der Waals surface area contributed by atoms with Crippen LogP contribution in [0.4, 0.5) is 0 Å². The summed E-state index contributed by atoms with van der Waals surface area (Å²) in [6.45, 7) is 12.1. The second-order valence-corrected chi connectivity index (χ2v) is 10.7. The SMILES string of the molecule is Cc1cc2cc([C@H](c3nnnn3C(C)(C)C)N(Cc3ccco3)C[C@@H]3CCCO3)c(=O)[nH]c2cc1C. The van der Waals surface area contributed by atoms with Crippen molar-refractivity contribution in [1.82, 2.24) is 30.1 Å². The molecule has 2 atom stereocenters. The minimum absolute atomic E-state index is 0.0610. The van der Waals surface area contributed by atoms with E-state index in [1.54, 1.807) is 6.26 Å². The Bertz CT molecular complexity index is 1390. The van der Waals surface area contributed by atoms with Crippen molar-refractivity contribution in [2.75, 3.05) is 13.2 Å². The van der Waals surface area contributed by atoms with Crippen molar-refractivity contribution in [3.05, 3.63) is 75.2 Å². The summed E-state index contributed by atoms with van der Waals surface area (Å²) in [7, 11) is 0. The number of hydrogen-bond acceptors (Lipinski definition) is 7. The summed E-state index contributed by atoms with van der Waals surface area (Å²) in [5, 5.41) is 13.8. The van der Waals surface area contributed by atoms with Crippen LogP contribution in [0.15, 0.2) is 45.8 Å². The third-order valence-corrected chi connectivity index (χ3v) is 6.92. The minimum Gasteiger partial charge on any atom is -0.468 e. The third-order valence-electron chi connectivity index (χ3n) is 6.92. The first-order valence-electron chi connectivity index (χ1n) is 12.5. The van der Waals surface area contributed by atoms with Gasteiger partial charge in [-0.15, -0.1) is 5.10 Å². The lowest BCUT2D eigenvalue weighted by atomic mass is 9.99. The number of fused-ring (bicyclic) bond motifs is 1. The lowest BCUT2D eigenvalue weighted by Gasteiger charge is -2.33. The van der Waals surface area contributed by atoms with Crippen molar-refractivity contribution in [3.8, 4) is 0 Å². The van der Waals surface area contributed by atoms with Crippen molar-refractivity contribution in [1.29, 1.82) is 0 Å². The molecule has 1 fully saturated rings. The van der Waals surface area contributed by atoms with Crippen molar-refractivity contribution in [2.24, 2.45) is 0 Å². The highest BCUT2D eigenvalue weighted by Crippen LogP contribution is 2.32. The van der Waals surface area contributed by atoms with Crippen LogP contribution in [0.5, 0.6) is 0 Å². The van der Waals surface area contributed by atoms with Gasteiger partial charge in [0.2, 0.25) is 0 Å². The molecule has 0 spiro atoms. The maximum absolute atomic E-state index is 13.7. The number of nitrogens with one attached hydrogen (secondary N) is 1. The molecule has 1 aromatic carbocycles. The number of aryl methyl sites for hydroxylation is 2. The van der Waals surface area contributed by atoms with Crippen molar-refractivity contribution in [2.45, 2.75) is 71.7 Å². The van der Waals surface area contributed by atoms with Crippen LogP contribution in [0.1, 0.15) is 67.9 Å². The van der Waals surface area contributed by atoms with Gasteiger partial charge in [-0.05, 0) is 105 Å². The van der Waals surface area contributed by atoms with Gasteiger partial charge in [0, 0.05) is 24.2 Å². The zero-order valence-corrected chi connectivity index (χ0v) is 21.6. The Morgan fingerprint density at radius 2 is 2.03 bits per heavy atom. The third kappa shape index (κ3) is 4.85. The number of ether oxygens (including phenoxy) is 1. The largest absolute Gasteiger partial charge is 0.468 e. The molecule has 4 heterocycles. The normalized spacial score (nSPS) is 17.3. The minimum atomic E-state index is -0.511. The highest BCUT2D eigenvalue weighted by molar-refractivity contribution is 5.81. The fraction of sp³-hybridized carbons (Fsp3) is 0.481. The number of aromatic nitrogens is 5. The fourth-order valence-corrected chi connectivity index (χ4v) is 4.95. The summed E-state index contributed by atoms with van der Waals surface area (Å²) in [5.41, 5.74) is 3.18. The number of aromatic amines is 1. The highest BCUT2D eigenvalue weighted by Gasteiger charge is 2.35. The van der Waals surface area contributed by atoms with Crippen molar-refractivity contribution >= 4 is 10.9 Å². The number of benzene rings is 1. The Balaban J connectivity index is 1.70. The van der Waals surface area contributed by atoms with Crippen molar-refractivity contribution in [3.63, 3.8) is 0 Å². The average molecular weight is 491 g/mol. The molecular weight excluding hydrogens is 456 g/mol. The summed E-state index contributed by atoms with van der Waals surface area (Å²) < 4.78 is 13.6. The van der Waals surface area contributed by atoms with E-state index in [-0.39, 0.29) is 17.2 Å². The molecule has 0 unspecified atom stereocenters. The summed E-state index contributed by atoms with van der Waals surface area (Å²) in [6, 6.07) is 9.44. The van der Waals surface area contributed by atoms with E-state index in [2.05, 4.69) is 59.2 Å². The summed E-state index contributed by atoms with van der Waals surface area (Å²) in [6.07, 6.45) is 3.73. The van der Waals surface area contributed by atoms with E-state index in [9.17, 15) is 4.79 Å². The van der Waals surface area contributed by atoms with E-state index in [0.717, 1.165) is 41.7 Å². The van der Waals surface area contributed by atoms with Crippen LogP contribution in [0.2, 0.25) is 0 Å². The van der Waals surface area contributed by atoms with Gasteiger partial charge in [-0.1, -0.05) is 0 Å². The van der Waals surface area contributed by atoms with Gasteiger partial charge >= 0.3 is 0 Å². The maximum atomic E-state index is 13.7. The molecule has 1 N–H and O–H groups in total. The van der Waals surface area contributed by atoms with Gasteiger partial charge in [-0.3, -0.25) is 9.69 Å². The highest BCUT2D eigenvalue weighted by atomic mass is 16.5. The lowest BCUT2D eigenvalue weighted by Crippen LogP contribution is -2.40. The van der Waals surface area contributed by atoms with Crippen LogP contribution in [0, 0.1) is 13.8 Å². The van der Waals surface area contributed by atoms with Gasteiger partial charge in [0.25, 0.3) is 5.56 Å². The molecular formula is C27H34N6O3. The molecule has 1 aliphatic heterocycles. The monoisotopic (exact) mass is 490 g/mol. The first-order chi connectivity index (χ1) is 17.2. The van der Waals surface area contributed by atoms with E-state index in [4.69, 9.17) is 9.15 Å². The number of pyridine rings is 1. The van der Waals surface area contributed by atoms with Crippen LogP contribution >= 0.6 is 0 Å². The predicted molar refractivity (Wildman–Crippen MR) is 137 cm³/mol. The van der Waals surface area contributed by atoms with Gasteiger partial charge < -0.3 is 14.1 Å². The summed E-state index contributed by atoms with van der Waals surface area (Å²) in [4.78, 5) is 19.0. The predicted octanol–water partition coefficient (Wildman–Crippen LogP) is 4.25. The van der Waals surface area contributed by atoms with Gasteiger partial charge in [0.15, 0.2) is 5.82 Å². The first kappa shape index (κ1) is 24.4. The molecule has 0 bridgehead atoms. The number of hydrogen-bond donors (Lipinski definition) is 1. The molecule has 4 aromatic rings. The number of rotatable bonds is 7. The quantitative estimate of drug-likeness (QED) is 0.413. The molecule has 9 heteroatoms. The Hall–Kier alpha value is -3.30. The van der Waals surface area contributed by atoms with Crippen molar-refractivity contribution < 1.29 is 9.15 Å². The topological polar surface area (TPSA) is 102 Å². The standard InChI is InChI=1S/C27H34N6O3/c1-17-12-19-14-22(26(34)28-23(19)13-18(17)2)24(25-29-30-31-33(25)27(3,4)5)32(15-20-8-6-10-35-20)16-21-9-7-11-36-21/h6,8,10,12-14,21,24H,7,9,11,15-16H2,1-5H3,(H,28,34)/t21-,24+/m0/s1. The Morgan fingerprint density at radius 1 is 1.22 bits per heavy atom. The molecule has 190 valence electrons. The van der Waals surface area contributed by atoms with Gasteiger partial charge in [0.05, 0.1) is 24.5 Å². The zero-order valence-electron chi connectivity index (χ0n) is 21.6. The van der Waals surface area contributed by atoms with E-state index in [1.165, 1.54) is 5.56 Å². The van der Waals surface area contributed by atoms with Gasteiger partial charge in [-0.2, -0.15) is 0 Å². The number of nitrogens with zero attached hydrogens (tertiary/aromatic N) is 5. The van der Waals surface area contributed by atoms with Crippen LogP contribution in [0.3, 0.4) is 0 Å². The smallest absolute Gasteiger partial charge is 0.253 e. The van der Waals surface area contributed by atoms with Crippen LogP contribution < -0.4 is 5.56 Å². The summed E-state index contributed by atoms with van der Waals surface area (Å²) in [5.74, 6) is 1.41. The average Bonchev–Trinajstić information content (AvgIpc) is 3.58. The van der Waals surface area contributed by atoms with E-state index >= 15 is 0 Å². The molecule has 5 rings (SSSR count). The molecule has 0 saturated carbocycles. The van der Waals surface area contributed by atoms with E-state index in [1.807, 2.05) is 35.9 Å². The van der Waals surface area contributed by atoms with E-state index < -0.39 is 6.04 Å².